The van der Waals surface area contributed by atoms with Crippen LogP contribution in [0.1, 0.15) is 36.8 Å². The van der Waals surface area contributed by atoms with Crippen LogP contribution in [0.4, 0.5) is 14.6 Å². The van der Waals surface area contributed by atoms with Crippen molar-refractivity contribution in [1.82, 2.24) is 24.8 Å². The first-order chi connectivity index (χ1) is 19.9. The van der Waals surface area contributed by atoms with Crippen molar-refractivity contribution >= 4 is 22.6 Å². The number of benzene rings is 1. The van der Waals surface area contributed by atoms with Gasteiger partial charge < -0.3 is 14.5 Å². The number of amides is 1. The Morgan fingerprint density at radius 2 is 2.05 bits per heavy atom. The molecule has 41 heavy (non-hydrogen) atoms. The average molecular weight is 561 g/mol. The van der Waals surface area contributed by atoms with Crippen LogP contribution in [0.25, 0.3) is 22.2 Å². The van der Waals surface area contributed by atoms with E-state index in [1.807, 2.05) is 29.0 Å². The fraction of sp³-hybridized carbons (Fsp3) is 0.484. The minimum absolute atomic E-state index is 0.0523. The molecule has 3 saturated heterocycles. The second kappa shape index (κ2) is 10.3. The highest BCUT2D eigenvalue weighted by molar-refractivity contribution is 5.93. The standard InChI is InChI=1S/C31H34F2N6O2/c1-3-26(40)38-12-11-24-25(38)16-39(24)30-23-14-34-28(22-10-6-8-18-7-4-5-9-21(18)22)27(33)29(23)35-31(36-30)41-17-20-13-19(32)15-37(20)2/h3,6,8,10,14,19-20,24-25H,1,4-5,7,9,11-13,15-17H2,2H3/t19-,20+,24-,25-/m1/s1. The van der Waals surface area contributed by atoms with Gasteiger partial charge in [0.15, 0.2) is 5.82 Å². The lowest BCUT2D eigenvalue weighted by Gasteiger charge is -2.47. The quantitative estimate of drug-likeness (QED) is 0.420. The second-order valence-corrected chi connectivity index (χ2v) is 11.7. The van der Waals surface area contributed by atoms with Crippen molar-refractivity contribution in [3.63, 3.8) is 0 Å². The largest absolute Gasteiger partial charge is 0.462 e. The molecule has 0 unspecified atom stereocenters. The van der Waals surface area contributed by atoms with Crippen molar-refractivity contribution in [2.75, 3.05) is 38.2 Å². The molecule has 4 aliphatic rings. The number of fused-ring (bicyclic) bond motifs is 3. The van der Waals surface area contributed by atoms with Gasteiger partial charge in [0.1, 0.15) is 29.8 Å². The summed E-state index contributed by atoms with van der Waals surface area (Å²) in [5.74, 6) is -0.0248. The molecule has 2 aromatic heterocycles. The maximum absolute atomic E-state index is 16.5. The van der Waals surface area contributed by atoms with Crippen LogP contribution in [0.15, 0.2) is 37.1 Å². The number of likely N-dealkylation sites (tertiary alicyclic amines) is 2. The highest BCUT2D eigenvalue weighted by Crippen LogP contribution is 2.41. The first-order valence-corrected chi connectivity index (χ1v) is 14.6. The smallest absolute Gasteiger partial charge is 0.319 e. The second-order valence-electron chi connectivity index (χ2n) is 11.7. The van der Waals surface area contributed by atoms with Crippen LogP contribution in [-0.2, 0) is 17.6 Å². The zero-order valence-corrected chi connectivity index (χ0v) is 23.2. The molecule has 0 spiro atoms. The Bertz CT molecular complexity index is 1530. The lowest BCUT2D eigenvalue weighted by atomic mass is 9.87. The van der Waals surface area contributed by atoms with E-state index in [-0.39, 0.29) is 47.9 Å². The van der Waals surface area contributed by atoms with Crippen molar-refractivity contribution in [2.24, 2.45) is 0 Å². The number of pyridine rings is 1. The predicted molar refractivity (Wildman–Crippen MR) is 152 cm³/mol. The number of carbonyl (C=O) groups excluding carboxylic acids is 1. The molecule has 8 nitrogen and oxygen atoms in total. The molecule has 1 aromatic carbocycles. The van der Waals surface area contributed by atoms with Gasteiger partial charge in [0, 0.05) is 37.4 Å². The van der Waals surface area contributed by atoms with Gasteiger partial charge in [-0.2, -0.15) is 9.97 Å². The maximum Gasteiger partial charge on any atom is 0.319 e. The van der Waals surface area contributed by atoms with Gasteiger partial charge in [-0.15, -0.1) is 0 Å². The van der Waals surface area contributed by atoms with E-state index < -0.39 is 12.0 Å². The van der Waals surface area contributed by atoms with Crippen LogP contribution in [0, 0.1) is 5.82 Å². The summed E-state index contributed by atoms with van der Waals surface area (Å²) in [4.78, 5) is 32.2. The summed E-state index contributed by atoms with van der Waals surface area (Å²) in [5.41, 5.74) is 3.66. The van der Waals surface area contributed by atoms with Crippen molar-refractivity contribution in [3.8, 4) is 17.3 Å². The molecule has 1 amide bonds. The van der Waals surface area contributed by atoms with Crippen molar-refractivity contribution in [3.05, 3.63) is 54.0 Å². The van der Waals surface area contributed by atoms with Crippen molar-refractivity contribution in [1.29, 1.82) is 0 Å². The third-order valence-corrected chi connectivity index (χ3v) is 9.36. The Balaban J connectivity index is 1.28. The van der Waals surface area contributed by atoms with Crippen molar-refractivity contribution < 1.29 is 18.3 Å². The van der Waals surface area contributed by atoms with E-state index in [4.69, 9.17) is 9.72 Å². The molecule has 0 N–H and O–H groups in total. The number of halogens is 2. The van der Waals surface area contributed by atoms with E-state index in [1.54, 1.807) is 6.20 Å². The average Bonchev–Trinajstić information content (AvgIpc) is 3.48. The number of anilines is 1. The number of ether oxygens (including phenoxy) is 1. The predicted octanol–water partition coefficient (Wildman–Crippen LogP) is 4.11. The number of nitrogens with zero attached hydrogens (tertiary/aromatic N) is 6. The molecule has 3 fully saturated rings. The zero-order valence-electron chi connectivity index (χ0n) is 23.2. The Kier molecular flexibility index (Phi) is 6.60. The Morgan fingerprint density at radius 1 is 1.20 bits per heavy atom. The minimum atomic E-state index is -0.897. The van der Waals surface area contributed by atoms with E-state index in [0.29, 0.717) is 37.3 Å². The highest BCUT2D eigenvalue weighted by atomic mass is 19.1. The van der Waals surface area contributed by atoms with Crippen molar-refractivity contribution in [2.45, 2.75) is 62.8 Å². The summed E-state index contributed by atoms with van der Waals surface area (Å²) >= 11 is 0. The van der Waals surface area contributed by atoms with Crippen LogP contribution >= 0.6 is 0 Å². The highest BCUT2D eigenvalue weighted by Gasteiger charge is 2.49. The molecule has 214 valence electrons. The summed E-state index contributed by atoms with van der Waals surface area (Å²) in [6.45, 7) is 5.41. The van der Waals surface area contributed by atoms with Crippen LogP contribution in [-0.4, -0.2) is 88.2 Å². The SMILES string of the molecule is C=CC(=O)N1CC[C@@H]2[C@H]1CN2c1nc(OC[C@@H]2C[C@@H](F)CN2C)nc2c(F)c(-c3cccc4c3CCCC4)ncc12. The summed E-state index contributed by atoms with van der Waals surface area (Å²) < 4.78 is 36.5. The molecule has 3 aliphatic heterocycles. The molecule has 5 heterocycles. The van der Waals surface area contributed by atoms with E-state index in [9.17, 15) is 9.18 Å². The molecule has 3 aromatic rings. The number of aromatic nitrogens is 3. The van der Waals surface area contributed by atoms with Gasteiger partial charge in [-0.3, -0.25) is 14.7 Å². The third kappa shape index (κ3) is 4.43. The first-order valence-electron chi connectivity index (χ1n) is 14.6. The molecule has 0 saturated carbocycles. The van der Waals surface area contributed by atoms with Gasteiger partial charge >= 0.3 is 6.01 Å². The molecule has 0 radical (unpaired) electrons. The Morgan fingerprint density at radius 3 is 2.85 bits per heavy atom. The molecule has 10 heteroatoms. The van der Waals surface area contributed by atoms with E-state index in [0.717, 1.165) is 43.2 Å². The molecular formula is C31H34F2N6O2. The zero-order chi connectivity index (χ0) is 28.2. The molecule has 1 aliphatic carbocycles. The molecular weight excluding hydrogens is 526 g/mol. The fourth-order valence-corrected chi connectivity index (χ4v) is 7.13. The number of carbonyl (C=O) groups is 1. The topological polar surface area (TPSA) is 74.7 Å². The Labute approximate surface area is 238 Å². The van der Waals surface area contributed by atoms with Gasteiger partial charge in [0.25, 0.3) is 0 Å². The molecule has 0 bridgehead atoms. The molecule has 7 rings (SSSR count). The number of likely N-dealkylation sites (N-methyl/N-ethyl adjacent to an activating group) is 1. The summed E-state index contributed by atoms with van der Waals surface area (Å²) in [6, 6.07) is 6.09. The lowest BCUT2D eigenvalue weighted by molar-refractivity contribution is -0.127. The minimum Gasteiger partial charge on any atom is -0.462 e. The van der Waals surface area contributed by atoms with Gasteiger partial charge in [-0.1, -0.05) is 24.8 Å². The number of aryl methyl sites for hydroxylation is 1. The monoisotopic (exact) mass is 560 g/mol. The summed E-state index contributed by atoms with van der Waals surface area (Å²) in [6.07, 6.45) is 7.37. The van der Waals surface area contributed by atoms with Crippen LogP contribution in [0.5, 0.6) is 6.01 Å². The summed E-state index contributed by atoms with van der Waals surface area (Å²) in [7, 11) is 1.87. The van der Waals surface area contributed by atoms with Gasteiger partial charge in [-0.25, -0.2) is 8.78 Å². The van der Waals surface area contributed by atoms with Gasteiger partial charge in [0.05, 0.1) is 17.5 Å². The Hall–Kier alpha value is -3.66. The number of alkyl halides is 1. The van der Waals surface area contributed by atoms with Gasteiger partial charge in [-0.05, 0) is 62.8 Å². The normalized spacial score (nSPS) is 25.6. The number of hydrogen-bond donors (Lipinski definition) is 0. The van der Waals surface area contributed by atoms with Crippen LogP contribution in [0.3, 0.4) is 0 Å². The van der Waals surface area contributed by atoms with E-state index in [2.05, 4.69) is 27.5 Å². The first kappa shape index (κ1) is 26.3. The number of rotatable bonds is 6. The maximum atomic E-state index is 16.5. The lowest BCUT2D eigenvalue weighted by Crippen LogP contribution is -2.63. The van der Waals surface area contributed by atoms with Gasteiger partial charge in [0.2, 0.25) is 5.91 Å². The molecule has 4 atom stereocenters. The third-order valence-electron chi connectivity index (χ3n) is 9.36. The van der Waals surface area contributed by atoms with E-state index >= 15 is 4.39 Å². The van der Waals surface area contributed by atoms with E-state index in [1.165, 1.54) is 11.6 Å². The van der Waals surface area contributed by atoms with Crippen LogP contribution in [0.2, 0.25) is 0 Å². The number of hydrogen-bond acceptors (Lipinski definition) is 7. The summed E-state index contributed by atoms with van der Waals surface area (Å²) in [5, 5.41) is 0.511. The van der Waals surface area contributed by atoms with Crippen LogP contribution < -0.4 is 9.64 Å². The fourth-order valence-electron chi connectivity index (χ4n) is 7.13.